The standard InChI is InChI=1S/C16H18NO2/c1-2-3-4-5-6-9-12-17-15(18)13-10-7-8-11-14(13)16(17)19/h4-5,7-8,10-11H,1-3,6,9,12H2. The van der Waals surface area contributed by atoms with E-state index in [1.807, 2.05) is 0 Å². The van der Waals surface area contributed by atoms with Crippen LogP contribution < -0.4 is 0 Å². The molecular formula is C16H18NO2. The largest absolute Gasteiger partial charge is 0.274 e. The van der Waals surface area contributed by atoms with Crippen molar-refractivity contribution in [3.8, 4) is 0 Å². The van der Waals surface area contributed by atoms with Gasteiger partial charge in [0.1, 0.15) is 0 Å². The zero-order valence-corrected chi connectivity index (χ0v) is 11.0. The molecule has 1 heterocycles. The number of benzene rings is 1. The van der Waals surface area contributed by atoms with Crippen molar-refractivity contribution >= 4 is 11.8 Å². The molecule has 0 N–H and O–H groups in total. The molecule has 19 heavy (non-hydrogen) atoms. The Balaban J connectivity index is 1.90. The molecule has 0 aromatic heterocycles. The minimum atomic E-state index is -0.165. The summed E-state index contributed by atoms with van der Waals surface area (Å²) >= 11 is 0. The molecule has 1 radical (unpaired) electrons. The quantitative estimate of drug-likeness (QED) is 0.445. The van der Waals surface area contributed by atoms with Crippen LogP contribution in [0.2, 0.25) is 0 Å². The average Bonchev–Trinajstić information content (AvgIpc) is 2.68. The maximum atomic E-state index is 12.1. The van der Waals surface area contributed by atoms with Crippen molar-refractivity contribution in [1.29, 1.82) is 0 Å². The summed E-state index contributed by atoms with van der Waals surface area (Å²) in [6.07, 6.45) is 7.74. The van der Waals surface area contributed by atoms with Crippen molar-refractivity contribution in [3.05, 3.63) is 54.5 Å². The van der Waals surface area contributed by atoms with E-state index in [9.17, 15) is 9.59 Å². The Morgan fingerprint density at radius 1 is 1.00 bits per heavy atom. The summed E-state index contributed by atoms with van der Waals surface area (Å²) in [6, 6.07) is 7.00. The van der Waals surface area contributed by atoms with Crippen LogP contribution in [0.4, 0.5) is 0 Å². The van der Waals surface area contributed by atoms with Gasteiger partial charge in [-0.2, -0.15) is 0 Å². The number of fused-ring (bicyclic) bond motifs is 1. The summed E-state index contributed by atoms with van der Waals surface area (Å²) < 4.78 is 0. The minimum absolute atomic E-state index is 0.165. The van der Waals surface area contributed by atoms with Crippen molar-refractivity contribution in [2.75, 3.05) is 6.54 Å². The molecule has 1 aliphatic heterocycles. The number of carbonyl (C=O) groups excluding carboxylic acids is 2. The van der Waals surface area contributed by atoms with Crippen LogP contribution in [-0.2, 0) is 0 Å². The highest BCUT2D eigenvalue weighted by molar-refractivity contribution is 6.21. The van der Waals surface area contributed by atoms with Gasteiger partial charge in [0.15, 0.2) is 0 Å². The van der Waals surface area contributed by atoms with E-state index in [0.29, 0.717) is 17.7 Å². The van der Waals surface area contributed by atoms with Gasteiger partial charge in [0.25, 0.3) is 11.8 Å². The Kier molecular flexibility index (Phi) is 4.50. The molecule has 1 aliphatic rings. The van der Waals surface area contributed by atoms with E-state index in [2.05, 4.69) is 19.1 Å². The van der Waals surface area contributed by atoms with E-state index < -0.39 is 0 Å². The third-order valence-corrected chi connectivity index (χ3v) is 3.17. The number of hydrogen-bond acceptors (Lipinski definition) is 2. The van der Waals surface area contributed by atoms with Crippen LogP contribution in [-0.4, -0.2) is 23.3 Å². The zero-order chi connectivity index (χ0) is 13.7. The SMILES string of the molecule is [CH2]CCC=CCCCN1C(=O)c2ccccc2C1=O. The Bertz CT molecular complexity index is 470. The first kappa shape index (κ1) is 13.5. The highest BCUT2D eigenvalue weighted by Gasteiger charge is 2.34. The fourth-order valence-electron chi connectivity index (χ4n) is 2.16. The highest BCUT2D eigenvalue weighted by Crippen LogP contribution is 2.22. The average molecular weight is 256 g/mol. The van der Waals surface area contributed by atoms with Gasteiger partial charge in [-0.3, -0.25) is 14.5 Å². The summed E-state index contributed by atoms with van der Waals surface area (Å²) in [4.78, 5) is 25.5. The molecule has 0 aliphatic carbocycles. The van der Waals surface area contributed by atoms with Gasteiger partial charge in [-0.1, -0.05) is 31.2 Å². The summed E-state index contributed by atoms with van der Waals surface area (Å²) in [7, 11) is 0. The minimum Gasteiger partial charge on any atom is -0.274 e. The molecule has 0 saturated carbocycles. The zero-order valence-electron chi connectivity index (χ0n) is 11.0. The molecule has 0 bridgehead atoms. The lowest BCUT2D eigenvalue weighted by Crippen LogP contribution is -2.30. The Hall–Kier alpha value is -1.90. The first-order valence-corrected chi connectivity index (χ1v) is 6.65. The van der Waals surface area contributed by atoms with Gasteiger partial charge in [-0.15, -0.1) is 0 Å². The number of allylic oxidation sites excluding steroid dienone is 2. The smallest absolute Gasteiger partial charge is 0.261 e. The van der Waals surface area contributed by atoms with E-state index in [1.165, 1.54) is 4.90 Å². The summed E-state index contributed by atoms with van der Waals surface area (Å²) in [5, 5.41) is 0. The molecular weight excluding hydrogens is 238 g/mol. The van der Waals surface area contributed by atoms with E-state index in [1.54, 1.807) is 24.3 Å². The lowest BCUT2D eigenvalue weighted by Gasteiger charge is -2.12. The lowest BCUT2D eigenvalue weighted by atomic mass is 10.1. The molecule has 2 amide bonds. The molecule has 0 saturated heterocycles. The normalized spacial score (nSPS) is 14.5. The predicted molar refractivity (Wildman–Crippen MR) is 74.8 cm³/mol. The molecule has 0 fully saturated rings. The second-order valence-corrected chi connectivity index (χ2v) is 4.56. The second-order valence-electron chi connectivity index (χ2n) is 4.56. The van der Waals surface area contributed by atoms with Crippen molar-refractivity contribution < 1.29 is 9.59 Å². The number of imide groups is 1. The second kappa shape index (κ2) is 6.32. The van der Waals surface area contributed by atoms with E-state index in [-0.39, 0.29) is 11.8 Å². The van der Waals surface area contributed by atoms with Crippen LogP contribution in [0, 0.1) is 6.92 Å². The monoisotopic (exact) mass is 256 g/mol. The van der Waals surface area contributed by atoms with Crippen molar-refractivity contribution in [1.82, 2.24) is 4.90 Å². The molecule has 1 aromatic rings. The first-order valence-electron chi connectivity index (χ1n) is 6.65. The maximum absolute atomic E-state index is 12.1. The Morgan fingerprint density at radius 2 is 1.58 bits per heavy atom. The fraction of sp³-hybridized carbons (Fsp3) is 0.312. The summed E-state index contributed by atoms with van der Waals surface area (Å²) in [5.74, 6) is -0.329. The number of rotatable bonds is 6. The van der Waals surface area contributed by atoms with E-state index in [0.717, 1.165) is 25.7 Å². The van der Waals surface area contributed by atoms with Crippen LogP contribution in [0.1, 0.15) is 46.4 Å². The summed E-state index contributed by atoms with van der Waals surface area (Å²) in [6.45, 7) is 4.25. The van der Waals surface area contributed by atoms with Crippen LogP contribution in [0.25, 0.3) is 0 Å². The molecule has 3 nitrogen and oxygen atoms in total. The van der Waals surface area contributed by atoms with Gasteiger partial charge in [0.2, 0.25) is 0 Å². The molecule has 99 valence electrons. The van der Waals surface area contributed by atoms with Gasteiger partial charge >= 0.3 is 0 Å². The molecule has 3 heteroatoms. The predicted octanol–water partition coefficient (Wildman–Crippen LogP) is 3.23. The van der Waals surface area contributed by atoms with E-state index in [4.69, 9.17) is 0 Å². The third-order valence-electron chi connectivity index (χ3n) is 3.17. The van der Waals surface area contributed by atoms with Crippen LogP contribution >= 0.6 is 0 Å². The number of amides is 2. The lowest BCUT2D eigenvalue weighted by molar-refractivity contribution is 0.0653. The molecule has 0 unspecified atom stereocenters. The van der Waals surface area contributed by atoms with E-state index >= 15 is 0 Å². The number of nitrogens with zero attached hydrogens (tertiary/aromatic N) is 1. The maximum Gasteiger partial charge on any atom is 0.261 e. The van der Waals surface area contributed by atoms with Gasteiger partial charge in [-0.05, 0) is 37.8 Å². The summed E-state index contributed by atoms with van der Waals surface area (Å²) in [5.41, 5.74) is 1.06. The van der Waals surface area contributed by atoms with Crippen LogP contribution in [0.15, 0.2) is 36.4 Å². The van der Waals surface area contributed by atoms with Crippen molar-refractivity contribution in [3.63, 3.8) is 0 Å². The van der Waals surface area contributed by atoms with Crippen LogP contribution in [0.5, 0.6) is 0 Å². The molecule has 0 spiro atoms. The number of unbranched alkanes of at least 4 members (excludes halogenated alkanes) is 2. The highest BCUT2D eigenvalue weighted by atomic mass is 16.2. The number of hydrogen-bond donors (Lipinski definition) is 0. The topological polar surface area (TPSA) is 37.4 Å². The molecule has 2 rings (SSSR count). The van der Waals surface area contributed by atoms with Crippen LogP contribution in [0.3, 0.4) is 0 Å². The van der Waals surface area contributed by atoms with Gasteiger partial charge in [-0.25, -0.2) is 0 Å². The molecule has 1 aromatic carbocycles. The van der Waals surface area contributed by atoms with Gasteiger partial charge in [0.05, 0.1) is 11.1 Å². The van der Waals surface area contributed by atoms with Crippen molar-refractivity contribution in [2.24, 2.45) is 0 Å². The van der Waals surface area contributed by atoms with Crippen molar-refractivity contribution in [2.45, 2.75) is 25.7 Å². The number of carbonyl (C=O) groups is 2. The first-order chi connectivity index (χ1) is 9.25. The third kappa shape index (κ3) is 2.92. The fourth-order valence-corrected chi connectivity index (χ4v) is 2.16. The van der Waals surface area contributed by atoms with Gasteiger partial charge < -0.3 is 0 Å². The molecule has 0 atom stereocenters. The van der Waals surface area contributed by atoms with Gasteiger partial charge in [0, 0.05) is 6.54 Å². The Morgan fingerprint density at radius 3 is 2.16 bits per heavy atom. The Labute approximate surface area is 113 Å².